The molecule has 38 valence electrons. The molecule has 3 nitrogen and oxygen atoms in total. The van der Waals surface area contributed by atoms with Gasteiger partial charge >= 0.3 is 0 Å². The second-order valence-electron chi connectivity index (χ2n) is 0.895. The maximum atomic E-state index is 5.25. The van der Waals surface area contributed by atoms with Crippen LogP contribution >= 0.6 is 23.2 Å². The number of aromatic nitrogens is 3. The minimum atomic E-state index is 0.144. The molecule has 0 bridgehead atoms. The first kappa shape index (κ1) is 4.87. The average molecular weight is 138 g/mol. The lowest BCUT2D eigenvalue weighted by Crippen LogP contribution is -1.61. The number of rotatable bonds is 0. The Morgan fingerprint density at radius 3 is 2.29 bits per heavy atom. The van der Waals surface area contributed by atoms with Crippen molar-refractivity contribution in [2.24, 2.45) is 0 Å². The van der Waals surface area contributed by atoms with E-state index in [9.17, 15) is 0 Å². The summed E-state index contributed by atoms with van der Waals surface area (Å²) in [5.74, 6) is 0. The standard InChI is InChI=1S/C2HCl2N3/c3-1-5-2(4)7-6-1/h(H,5,6,7). The molecule has 0 unspecified atom stereocenters. The third kappa shape index (κ3) is 1.04. The van der Waals surface area contributed by atoms with E-state index < -0.39 is 0 Å². The quantitative estimate of drug-likeness (QED) is 0.583. The Bertz CT molecular complexity index is 143. The number of nitrogens with zero attached hydrogens (tertiary/aromatic N) is 2. The lowest BCUT2D eigenvalue weighted by molar-refractivity contribution is 1.09. The Morgan fingerprint density at radius 1 is 1.43 bits per heavy atom. The number of hydrogen-bond acceptors (Lipinski definition) is 2. The number of nitrogens with one attached hydrogen (secondary N) is 1. The van der Waals surface area contributed by atoms with E-state index in [1.807, 2.05) is 0 Å². The van der Waals surface area contributed by atoms with Gasteiger partial charge in [-0.15, -0.1) is 5.10 Å². The predicted octanol–water partition coefficient (Wildman–Crippen LogP) is 1.11. The summed E-state index contributed by atoms with van der Waals surface area (Å²) < 4.78 is 0. The van der Waals surface area contributed by atoms with Crippen molar-refractivity contribution >= 4 is 23.2 Å². The van der Waals surface area contributed by atoms with Gasteiger partial charge in [0.2, 0.25) is 10.6 Å². The van der Waals surface area contributed by atoms with Gasteiger partial charge in [-0.3, -0.25) is 0 Å². The second-order valence-corrected chi connectivity index (χ2v) is 1.59. The van der Waals surface area contributed by atoms with Crippen molar-refractivity contribution in [2.45, 2.75) is 0 Å². The van der Waals surface area contributed by atoms with E-state index in [2.05, 4.69) is 15.2 Å². The first-order valence-electron chi connectivity index (χ1n) is 1.52. The summed E-state index contributed by atoms with van der Waals surface area (Å²) in [6, 6.07) is 0. The fourth-order valence-electron chi connectivity index (χ4n) is 0.223. The molecule has 0 aliphatic rings. The Labute approximate surface area is 49.7 Å². The molecule has 0 amide bonds. The second kappa shape index (κ2) is 1.68. The van der Waals surface area contributed by atoms with E-state index in [0.717, 1.165) is 0 Å². The van der Waals surface area contributed by atoms with Crippen LogP contribution in [0.15, 0.2) is 0 Å². The minimum absolute atomic E-state index is 0.144. The zero-order valence-corrected chi connectivity index (χ0v) is 4.66. The first-order valence-corrected chi connectivity index (χ1v) is 2.28. The molecular weight excluding hydrogens is 137 g/mol. The summed E-state index contributed by atoms with van der Waals surface area (Å²) in [6.45, 7) is 0. The van der Waals surface area contributed by atoms with Gasteiger partial charge in [-0.05, 0) is 23.2 Å². The third-order valence-corrected chi connectivity index (χ3v) is 0.769. The Morgan fingerprint density at radius 2 is 2.14 bits per heavy atom. The Kier molecular flexibility index (Phi) is 1.17. The highest BCUT2D eigenvalue weighted by Gasteiger charge is 1.91. The summed E-state index contributed by atoms with van der Waals surface area (Å²) in [5.41, 5.74) is 0. The molecule has 5 heteroatoms. The summed E-state index contributed by atoms with van der Waals surface area (Å²) in [7, 11) is 0. The largest absolute Gasteiger partial charge is 0.248 e. The normalized spacial score (nSPS) is 9.43. The van der Waals surface area contributed by atoms with Crippen molar-refractivity contribution in [2.75, 3.05) is 0 Å². The third-order valence-electron chi connectivity index (χ3n) is 0.431. The van der Waals surface area contributed by atoms with E-state index in [-0.39, 0.29) is 10.6 Å². The van der Waals surface area contributed by atoms with Crippen molar-refractivity contribution in [1.82, 2.24) is 15.2 Å². The van der Waals surface area contributed by atoms with Gasteiger partial charge in [0.1, 0.15) is 0 Å². The molecule has 1 aromatic rings. The number of hydrogen-bond donors (Lipinski definition) is 1. The zero-order valence-electron chi connectivity index (χ0n) is 3.15. The van der Waals surface area contributed by atoms with E-state index in [4.69, 9.17) is 23.2 Å². The van der Waals surface area contributed by atoms with E-state index >= 15 is 0 Å². The Hall–Kier alpha value is -0.280. The lowest BCUT2D eigenvalue weighted by Gasteiger charge is -1.63. The maximum absolute atomic E-state index is 5.25. The average Bonchev–Trinajstić information content (AvgIpc) is 1.87. The molecule has 1 N–H and O–H groups in total. The first-order chi connectivity index (χ1) is 3.29. The van der Waals surface area contributed by atoms with Crippen LogP contribution in [-0.2, 0) is 0 Å². The molecular formula is C2HCl2N3. The van der Waals surface area contributed by atoms with Gasteiger partial charge in [-0.25, -0.2) is 5.10 Å². The van der Waals surface area contributed by atoms with Gasteiger partial charge in [0.25, 0.3) is 0 Å². The summed E-state index contributed by atoms with van der Waals surface area (Å²) >= 11 is 10.5. The van der Waals surface area contributed by atoms with Crippen LogP contribution in [0.4, 0.5) is 0 Å². The van der Waals surface area contributed by atoms with E-state index in [1.54, 1.807) is 0 Å². The molecule has 0 aliphatic carbocycles. The van der Waals surface area contributed by atoms with Crippen LogP contribution in [0.5, 0.6) is 0 Å². The molecule has 0 aliphatic heterocycles. The fourth-order valence-corrected chi connectivity index (χ4v) is 0.516. The van der Waals surface area contributed by atoms with Crippen molar-refractivity contribution < 1.29 is 0 Å². The molecule has 0 aromatic carbocycles. The van der Waals surface area contributed by atoms with Crippen LogP contribution in [0.25, 0.3) is 0 Å². The van der Waals surface area contributed by atoms with Gasteiger partial charge in [0.15, 0.2) is 0 Å². The highest BCUT2D eigenvalue weighted by atomic mass is 35.5. The molecule has 1 rings (SSSR count). The molecule has 7 heavy (non-hydrogen) atoms. The van der Waals surface area contributed by atoms with Gasteiger partial charge in [-0.1, -0.05) is 0 Å². The van der Waals surface area contributed by atoms with Crippen LogP contribution in [0, 0.1) is 0 Å². The van der Waals surface area contributed by atoms with Crippen LogP contribution in [0.3, 0.4) is 0 Å². The summed E-state index contributed by atoms with van der Waals surface area (Å²) in [5, 5.41) is 6.11. The van der Waals surface area contributed by atoms with Gasteiger partial charge < -0.3 is 0 Å². The monoisotopic (exact) mass is 137 g/mol. The number of H-pyrrole nitrogens is 1. The van der Waals surface area contributed by atoms with Crippen molar-refractivity contribution in [3.8, 4) is 0 Å². The van der Waals surface area contributed by atoms with Crippen LogP contribution < -0.4 is 0 Å². The maximum Gasteiger partial charge on any atom is 0.243 e. The molecule has 0 atom stereocenters. The highest BCUT2D eigenvalue weighted by Crippen LogP contribution is 2.01. The van der Waals surface area contributed by atoms with Crippen molar-refractivity contribution in [3.63, 3.8) is 0 Å². The SMILES string of the molecule is Clc1n[nH]c(Cl)n1. The van der Waals surface area contributed by atoms with Crippen molar-refractivity contribution in [1.29, 1.82) is 0 Å². The van der Waals surface area contributed by atoms with Gasteiger partial charge in [0.05, 0.1) is 0 Å². The summed E-state index contributed by atoms with van der Waals surface area (Å²) in [6.07, 6.45) is 0. The molecule has 1 aromatic heterocycles. The van der Waals surface area contributed by atoms with E-state index in [1.165, 1.54) is 0 Å². The van der Waals surface area contributed by atoms with Crippen molar-refractivity contribution in [3.05, 3.63) is 10.6 Å². The number of halogens is 2. The fraction of sp³-hybridized carbons (Fsp3) is 0. The van der Waals surface area contributed by atoms with Gasteiger partial charge in [-0.2, -0.15) is 4.98 Å². The molecule has 0 spiro atoms. The predicted molar refractivity (Wildman–Crippen MR) is 26.4 cm³/mol. The molecule has 0 saturated carbocycles. The molecule has 0 radical (unpaired) electrons. The van der Waals surface area contributed by atoms with Crippen LogP contribution in [0.1, 0.15) is 0 Å². The molecule has 0 saturated heterocycles. The zero-order chi connectivity index (χ0) is 5.28. The molecule has 0 fully saturated rings. The van der Waals surface area contributed by atoms with Crippen LogP contribution in [0.2, 0.25) is 10.6 Å². The smallest absolute Gasteiger partial charge is 0.243 e. The van der Waals surface area contributed by atoms with Crippen LogP contribution in [-0.4, -0.2) is 15.2 Å². The Balaban J connectivity index is 3.04. The number of aromatic amines is 1. The molecule has 1 heterocycles. The summed E-state index contributed by atoms with van der Waals surface area (Å²) in [4.78, 5) is 3.48. The van der Waals surface area contributed by atoms with Gasteiger partial charge in [0, 0.05) is 0 Å². The van der Waals surface area contributed by atoms with E-state index in [0.29, 0.717) is 0 Å². The highest BCUT2D eigenvalue weighted by molar-refractivity contribution is 6.31. The topological polar surface area (TPSA) is 41.6 Å². The minimum Gasteiger partial charge on any atom is -0.248 e. The lowest BCUT2D eigenvalue weighted by atomic mass is 11.3.